The van der Waals surface area contributed by atoms with E-state index in [1.165, 1.54) is 4.21 Å². The quantitative estimate of drug-likeness (QED) is 0.593. The summed E-state index contributed by atoms with van der Waals surface area (Å²) < 4.78 is 1.18. The molecule has 0 aliphatic heterocycles. The molecule has 0 saturated carbocycles. The van der Waals surface area contributed by atoms with Crippen LogP contribution in [0.15, 0.2) is 40.6 Å². The third kappa shape index (κ3) is 2.20. The standard InChI is InChI=1S/C13H12OS2/c1-9(14)13-11(8-12(15-2)16-13)10-6-4-3-5-7-10/h3-8H,1-2H3. The minimum absolute atomic E-state index is 0.143. The Hall–Kier alpha value is -1.06. The van der Waals surface area contributed by atoms with E-state index in [9.17, 15) is 4.79 Å². The Labute approximate surface area is 104 Å². The summed E-state index contributed by atoms with van der Waals surface area (Å²) in [6, 6.07) is 12.2. The molecule has 0 N–H and O–H groups in total. The van der Waals surface area contributed by atoms with Gasteiger partial charge in [0.15, 0.2) is 5.78 Å². The molecule has 0 atom stereocenters. The molecule has 3 heteroatoms. The van der Waals surface area contributed by atoms with Crippen molar-refractivity contribution in [2.45, 2.75) is 11.1 Å². The lowest BCUT2D eigenvalue weighted by Crippen LogP contribution is -1.89. The second kappa shape index (κ2) is 4.85. The second-order valence-electron chi connectivity index (χ2n) is 3.43. The van der Waals surface area contributed by atoms with E-state index in [1.807, 2.05) is 36.6 Å². The van der Waals surface area contributed by atoms with Crippen molar-refractivity contribution >= 4 is 28.9 Å². The topological polar surface area (TPSA) is 17.1 Å². The fourth-order valence-electron chi connectivity index (χ4n) is 1.56. The number of hydrogen-bond acceptors (Lipinski definition) is 3. The van der Waals surface area contributed by atoms with Gasteiger partial charge in [0.2, 0.25) is 0 Å². The molecule has 0 aliphatic carbocycles. The number of carbonyl (C=O) groups is 1. The molecule has 0 bridgehead atoms. The third-order valence-electron chi connectivity index (χ3n) is 2.32. The van der Waals surface area contributed by atoms with E-state index < -0.39 is 0 Å². The van der Waals surface area contributed by atoms with Gasteiger partial charge in [0.05, 0.1) is 9.09 Å². The number of hydrogen-bond donors (Lipinski definition) is 0. The molecule has 0 fully saturated rings. The van der Waals surface area contributed by atoms with Crippen LogP contribution in [0.4, 0.5) is 0 Å². The first-order valence-corrected chi connectivity index (χ1v) is 7.00. The minimum Gasteiger partial charge on any atom is -0.294 e. The fourth-order valence-corrected chi connectivity index (χ4v) is 3.19. The lowest BCUT2D eigenvalue weighted by Gasteiger charge is -1.99. The van der Waals surface area contributed by atoms with Gasteiger partial charge in [0, 0.05) is 5.56 Å². The maximum Gasteiger partial charge on any atom is 0.170 e. The van der Waals surface area contributed by atoms with Gasteiger partial charge >= 0.3 is 0 Å². The van der Waals surface area contributed by atoms with Crippen molar-refractivity contribution in [2.75, 3.05) is 6.26 Å². The molecule has 0 amide bonds. The van der Waals surface area contributed by atoms with Gasteiger partial charge in [-0.05, 0) is 24.8 Å². The zero-order valence-corrected chi connectivity index (χ0v) is 10.8. The van der Waals surface area contributed by atoms with Crippen LogP contribution in [0.1, 0.15) is 16.6 Å². The minimum atomic E-state index is 0.143. The molecular weight excluding hydrogens is 236 g/mol. The molecule has 2 rings (SSSR count). The highest BCUT2D eigenvalue weighted by Crippen LogP contribution is 2.36. The molecule has 1 nitrogen and oxygen atoms in total. The number of carbonyl (C=O) groups excluding carboxylic acids is 1. The average molecular weight is 248 g/mol. The molecule has 1 heterocycles. The highest BCUT2D eigenvalue weighted by Gasteiger charge is 2.13. The van der Waals surface area contributed by atoms with Crippen LogP contribution in [-0.4, -0.2) is 12.0 Å². The van der Waals surface area contributed by atoms with Gasteiger partial charge in [0.1, 0.15) is 0 Å². The molecule has 16 heavy (non-hydrogen) atoms. The Morgan fingerprint density at radius 2 is 1.94 bits per heavy atom. The van der Waals surface area contributed by atoms with Gasteiger partial charge in [-0.3, -0.25) is 4.79 Å². The van der Waals surface area contributed by atoms with E-state index in [2.05, 4.69) is 6.07 Å². The maximum atomic E-state index is 11.6. The molecule has 0 spiro atoms. The highest BCUT2D eigenvalue weighted by atomic mass is 32.2. The molecule has 1 aromatic heterocycles. The first-order valence-electron chi connectivity index (χ1n) is 4.96. The maximum absolute atomic E-state index is 11.6. The number of rotatable bonds is 3. The number of thiophene rings is 1. The van der Waals surface area contributed by atoms with Gasteiger partial charge in [-0.2, -0.15) is 0 Å². The Kier molecular flexibility index (Phi) is 3.46. The van der Waals surface area contributed by atoms with E-state index in [-0.39, 0.29) is 5.78 Å². The Bertz CT molecular complexity index is 500. The van der Waals surface area contributed by atoms with Crippen LogP contribution in [0.25, 0.3) is 11.1 Å². The van der Waals surface area contributed by atoms with Crippen LogP contribution in [0.5, 0.6) is 0 Å². The molecular formula is C13H12OS2. The second-order valence-corrected chi connectivity index (χ2v) is 5.59. The first-order chi connectivity index (χ1) is 7.72. The fraction of sp³-hybridized carbons (Fsp3) is 0.154. The predicted molar refractivity (Wildman–Crippen MR) is 71.5 cm³/mol. The molecule has 0 unspecified atom stereocenters. The number of ketones is 1. The van der Waals surface area contributed by atoms with Crippen LogP contribution in [-0.2, 0) is 0 Å². The third-order valence-corrected chi connectivity index (χ3v) is 4.62. The predicted octanol–water partition coefficient (Wildman–Crippen LogP) is 4.34. The average Bonchev–Trinajstić information content (AvgIpc) is 2.74. The molecule has 0 aliphatic rings. The van der Waals surface area contributed by atoms with Crippen LogP contribution in [0, 0.1) is 0 Å². The van der Waals surface area contributed by atoms with Crippen molar-refractivity contribution in [1.29, 1.82) is 0 Å². The van der Waals surface area contributed by atoms with Gasteiger partial charge in [-0.1, -0.05) is 30.3 Å². The number of Topliss-reactive ketones (excluding diaryl/α,β-unsaturated/α-hetero) is 1. The first kappa shape index (κ1) is 11.4. The summed E-state index contributed by atoms with van der Waals surface area (Å²) >= 11 is 3.26. The van der Waals surface area contributed by atoms with Gasteiger partial charge < -0.3 is 0 Å². The molecule has 0 radical (unpaired) electrons. The van der Waals surface area contributed by atoms with Gasteiger partial charge in [-0.15, -0.1) is 23.1 Å². The summed E-state index contributed by atoms with van der Waals surface area (Å²) in [5, 5.41) is 0. The van der Waals surface area contributed by atoms with Gasteiger partial charge in [0.25, 0.3) is 0 Å². The molecule has 82 valence electrons. The van der Waals surface area contributed by atoms with Gasteiger partial charge in [-0.25, -0.2) is 0 Å². The SMILES string of the molecule is CSc1cc(-c2ccccc2)c(C(C)=O)s1. The number of benzene rings is 1. The highest BCUT2D eigenvalue weighted by molar-refractivity contribution is 8.00. The lowest BCUT2D eigenvalue weighted by atomic mass is 10.1. The monoisotopic (exact) mass is 248 g/mol. The van der Waals surface area contributed by atoms with Crippen molar-refractivity contribution in [3.63, 3.8) is 0 Å². The zero-order valence-electron chi connectivity index (χ0n) is 9.19. The molecule has 2 aromatic rings. The Morgan fingerprint density at radius 1 is 1.25 bits per heavy atom. The largest absolute Gasteiger partial charge is 0.294 e. The van der Waals surface area contributed by atoms with Crippen molar-refractivity contribution < 1.29 is 4.79 Å². The summed E-state index contributed by atoms with van der Waals surface area (Å²) in [6.45, 7) is 1.63. The number of thioether (sulfide) groups is 1. The van der Waals surface area contributed by atoms with Crippen molar-refractivity contribution in [1.82, 2.24) is 0 Å². The van der Waals surface area contributed by atoms with E-state index in [4.69, 9.17) is 0 Å². The zero-order chi connectivity index (χ0) is 11.5. The van der Waals surface area contributed by atoms with Crippen molar-refractivity contribution in [2.24, 2.45) is 0 Å². The van der Waals surface area contributed by atoms with E-state index in [0.717, 1.165) is 16.0 Å². The van der Waals surface area contributed by atoms with Crippen LogP contribution in [0.2, 0.25) is 0 Å². The Morgan fingerprint density at radius 3 is 2.50 bits per heavy atom. The van der Waals surface area contributed by atoms with Crippen molar-refractivity contribution in [3.8, 4) is 11.1 Å². The van der Waals surface area contributed by atoms with E-state index in [0.29, 0.717) is 0 Å². The lowest BCUT2D eigenvalue weighted by molar-refractivity contribution is 0.102. The normalized spacial score (nSPS) is 10.4. The smallest absolute Gasteiger partial charge is 0.170 e. The molecule has 1 aromatic carbocycles. The Balaban J connectivity index is 2.55. The van der Waals surface area contributed by atoms with Crippen LogP contribution in [0.3, 0.4) is 0 Å². The summed E-state index contributed by atoms with van der Waals surface area (Å²) in [6.07, 6.45) is 2.03. The van der Waals surface area contributed by atoms with Crippen LogP contribution < -0.4 is 0 Å². The van der Waals surface area contributed by atoms with E-state index in [1.54, 1.807) is 30.0 Å². The summed E-state index contributed by atoms with van der Waals surface area (Å²) in [7, 11) is 0. The molecule has 0 saturated heterocycles. The van der Waals surface area contributed by atoms with Crippen molar-refractivity contribution in [3.05, 3.63) is 41.3 Å². The summed E-state index contributed by atoms with van der Waals surface area (Å²) in [4.78, 5) is 12.4. The van der Waals surface area contributed by atoms with Crippen LogP contribution >= 0.6 is 23.1 Å². The summed E-state index contributed by atoms with van der Waals surface area (Å²) in [5.41, 5.74) is 2.17. The summed E-state index contributed by atoms with van der Waals surface area (Å²) in [5.74, 6) is 0.143. The van der Waals surface area contributed by atoms with E-state index >= 15 is 0 Å².